The van der Waals surface area contributed by atoms with Crippen LogP contribution in [0.1, 0.15) is 19.4 Å². The Morgan fingerprint density at radius 1 is 1.29 bits per heavy atom. The second-order valence-electron chi connectivity index (χ2n) is 4.48. The minimum absolute atomic E-state index is 0.194. The van der Waals surface area contributed by atoms with Gasteiger partial charge in [-0.25, -0.2) is 0 Å². The summed E-state index contributed by atoms with van der Waals surface area (Å²) in [7, 11) is -3.65. The number of thiophene rings is 1. The Morgan fingerprint density at radius 3 is 2.67 bits per heavy atom. The molecule has 0 amide bonds. The number of rotatable bonds is 8. The Labute approximate surface area is 150 Å². The first-order valence-corrected chi connectivity index (χ1v) is 9.89. The van der Waals surface area contributed by atoms with Gasteiger partial charge >= 0.3 is 0 Å². The monoisotopic (exact) mass is 388 g/mol. The number of halogens is 1. The highest BCUT2D eigenvalue weighted by molar-refractivity contribution is 7.91. The maximum absolute atomic E-state index is 12.0. The Hall–Kier alpha value is -1.77. The number of hydrazone groups is 1. The van der Waals surface area contributed by atoms with Crippen LogP contribution in [-0.2, 0) is 10.0 Å². The number of hydrogen-bond donors (Lipinski definition) is 1. The van der Waals surface area contributed by atoms with E-state index in [4.69, 9.17) is 21.1 Å². The average molecular weight is 389 g/mol. The molecule has 0 spiro atoms. The first-order chi connectivity index (χ1) is 11.5. The molecule has 9 heteroatoms. The summed E-state index contributed by atoms with van der Waals surface area (Å²) in [5, 5.41) is 5.82. The van der Waals surface area contributed by atoms with Gasteiger partial charge in [-0.1, -0.05) is 17.7 Å². The van der Waals surface area contributed by atoms with Crippen LogP contribution in [0.3, 0.4) is 0 Å². The number of benzene rings is 1. The second kappa shape index (κ2) is 8.36. The number of nitrogens with one attached hydrogen (secondary N) is 1. The van der Waals surface area contributed by atoms with Crippen molar-refractivity contribution in [1.82, 2.24) is 4.83 Å². The summed E-state index contributed by atoms with van der Waals surface area (Å²) in [6.07, 6.45) is 1.36. The zero-order chi connectivity index (χ0) is 17.6. The summed E-state index contributed by atoms with van der Waals surface area (Å²) in [5.41, 5.74) is 0.584. The second-order valence-corrected chi connectivity index (χ2v) is 7.72. The van der Waals surface area contributed by atoms with E-state index in [-0.39, 0.29) is 4.21 Å². The molecule has 2 rings (SSSR count). The molecule has 0 aliphatic carbocycles. The zero-order valence-corrected chi connectivity index (χ0v) is 15.5. The molecule has 1 N–H and O–H groups in total. The van der Waals surface area contributed by atoms with Crippen molar-refractivity contribution < 1.29 is 17.9 Å². The molecule has 0 radical (unpaired) electrons. The van der Waals surface area contributed by atoms with Crippen LogP contribution in [0.4, 0.5) is 0 Å². The van der Waals surface area contributed by atoms with Gasteiger partial charge in [0.15, 0.2) is 11.5 Å². The molecule has 0 atom stereocenters. The third-order valence-electron chi connectivity index (χ3n) is 2.77. The number of ether oxygens (including phenoxy) is 2. The Bertz CT molecular complexity index is 805. The lowest BCUT2D eigenvalue weighted by atomic mass is 10.2. The van der Waals surface area contributed by atoms with E-state index in [1.165, 1.54) is 12.3 Å². The molecule has 1 heterocycles. The fourth-order valence-corrected chi connectivity index (χ4v) is 3.89. The maximum atomic E-state index is 12.0. The summed E-state index contributed by atoms with van der Waals surface area (Å²) < 4.78 is 35.1. The summed E-state index contributed by atoms with van der Waals surface area (Å²) >= 11 is 7.31. The van der Waals surface area contributed by atoms with Gasteiger partial charge < -0.3 is 9.47 Å². The Kier molecular flexibility index (Phi) is 6.47. The summed E-state index contributed by atoms with van der Waals surface area (Å²) in [6.45, 7) is 4.59. The van der Waals surface area contributed by atoms with Crippen LogP contribution in [0.25, 0.3) is 0 Å². The van der Waals surface area contributed by atoms with Crippen molar-refractivity contribution in [1.29, 1.82) is 0 Å². The van der Waals surface area contributed by atoms with Gasteiger partial charge in [-0.2, -0.15) is 18.4 Å². The number of sulfonamides is 1. The van der Waals surface area contributed by atoms with Gasteiger partial charge in [-0.05, 0) is 43.0 Å². The normalized spacial score (nSPS) is 11.6. The van der Waals surface area contributed by atoms with E-state index in [0.29, 0.717) is 35.3 Å². The van der Waals surface area contributed by atoms with Gasteiger partial charge in [0, 0.05) is 0 Å². The standard InChI is InChI=1S/C15H17ClN2O4S2/c1-3-21-13-9-11(8-12(16)15(13)22-4-2)10-17-18-24(19,20)14-6-5-7-23-14/h5-10,18H,3-4H2,1-2H3/b17-10+. The van der Waals surface area contributed by atoms with Gasteiger partial charge in [0.25, 0.3) is 10.0 Å². The number of hydrogen-bond acceptors (Lipinski definition) is 6. The lowest BCUT2D eigenvalue weighted by molar-refractivity contribution is 0.288. The molecule has 0 aliphatic rings. The third-order valence-corrected chi connectivity index (χ3v) is 5.67. The average Bonchev–Trinajstić information content (AvgIpc) is 3.06. The highest BCUT2D eigenvalue weighted by atomic mass is 35.5. The minimum atomic E-state index is -3.65. The van der Waals surface area contributed by atoms with E-state index >= 15 is 0 Å². The minimum Gasteiger partial charge on any atom is -0.490 e. The van der Waals surface area contributed by atoms with E-state index in [9.17, 15) is 8.42 Å². The smallest absolute Gasteiger partial charge is 0.286 e. The van der Waals surface area contributed by atoms with Crippen LogP contribution in [0, 0.1) is 0 Å². The molecule has 24 heavy (non-hydrogen) atoms. The summed E-state index contributed by atoms with van der Waals surface area (Å²) in [5.74, 6) is 0.937. The SMILES string of the molecule is CCOc1cc(/C=N/NS(=O)(=O)c2cccs2)cc(Cl)c1OCC. The summed E-state index contributed by atoms with van der Waals surface area (Å²) in [6, 6.07) is 6.47. The Balaban J connectivity index is 2.20. The van der Waals surface area contributed by atoms with Gasteiger partial charge in [0.1, 0.15) is 4.21 Å². The van der Waals surface area contributed by atoms with Crippen molar-refractivity contribution in [2.24, 2.45) is 5.10 Å². The zero-order valence-electron chi connectivity index (χ0n) is 13.2. The topological polar surface area (TPSA) is 77.0 Å². The number of nitrogens with zero attached hydrogens (tertiary/aromatic N) is 1. The molecule has 0 aliphatic heterocycles. The van der Waals surface area contributed by atoms with Crippen LogP contribution in [0.2, 0.25) is 5.02 Å². The third kappa shape index (κ3) is 4.62. The van der Waals surface area contributed by atoms with Crippen LogP contribution in [0.15, 0.2) is 39.0 Å². The molecule has 1 aromatic heterocycles. The quantitative estimate of drug-likeness (QED) is 0.554. The molecule has 2 aromatic rings. The molecular weight excluding hydrogens is 372 g/mol. The van der Waals surface area contributed by atoms with Gasteiger partial charge in [0.2, 0.25) is 0 Å². The lowest BCUT2D eigenvalue weighted by Gasteiger charge is -2.13. The van der Waals surface area contributed by atoms with Crippen LogP contribution in [-0.4, -0.2) is 27.8 Å². The fourth-order valence-electron chi connectivity index (χ4n) is 1.84. The van der Waals surface area contributed by atoms with Gasteiger partial charge in [-0.3, -0.25) is 0 Å². The van der Waals surface area contributed by atoms with Crippen molar-refractivity contribution in [3.05, 3.63) is 40.2 Å². The molecule has 0 saturated heterocycles. The van der Waals surface area contributed by atoms with Gasteiger partial charge in [-0.15, -0.1) is 11.3 Å². The van der Waals surface area contributed by atoms with Crippen molar-refractivity contribution in [2.45, 2.75) is 18.1 Å². The van der Waals surface area contributed by atoms with E-state index < -0.39 is 10.0 Å². The molecule has 0 saturated carbocycles. The first-order valence-electron chi connectivity index (χ1n) is 7.15. The molecule has 6 nitrogen and oxygen atoms in total. The highest BCUT2D eigenvalue weighted by Crippen LogP contribution is 2.36. The highest BCUT2D eigenvalue weighted by Gasteiger charge is 2.14. The summed E-state index contributed by atoms with van der Waals surface area (Å²) in [4.78, 5) is 2.16. The van der Waals surface area contributed by atoms with Crippen molar-refractivity contribution in [2.75, 3.05) is 13.2 Å². The van der Waals surface area contributed by atoms with E-state index in [2.05, 4.69) is 9.93 Å². The van der Waals surface area contributed by atoms with Crippen LogP contribution >= 0.6 is 22.9 Å². The molecule has 130 valence electrons. The van der Waals surface area contributed by atoms with Crippen LogP contribution < -0.4 is 14.3 Å². The fraction of sp³-hybridized carbons (Fsp3) is 0.267. The van der Waals surface area contributed by atoms with Crippen molar-refractivity contribution >= 4 is 39.2 Å². The Morgan fingerprint density at radius 2 is 2.04 bits per heavy atom. The molecule has 0 unspecified atom stereocenters. The molecule has 0 bridgehead atoms. The molecular formula is C15H17ClN2O4S2. The molecule has 0 fully saturated rings. The van der Waals surface area contributed by atoms with E-state index in [0.717, 1.165) is 11.3 Å². The van der Waals surface area contributed by atoms with Crippen molar-refractivity contribution in [3.8, 4) is 11.5 Å². The van der Waals surface area contributed by atoms with Crippen LogP contribution in [0.5, 0.6) is 11.5 Å². The molecule has 1 aromatic carbocycles. The predicted molar refractivity (Wildman–Crippen MR) is 96.0 cm³/mol. The van der Waals surface area contributed by atoms with Crippen molar-refractivity contribution in [3.63, 3.8) is 0 Å². The first kappa shape index (κ1) is 18.6. The largest absolute Gasteiger partial charge is 0.490 e. The van der Waals surface area contributed by atoms with Gasteiger partial charge in [0.05, 0.1) is 24.5 Å². The lowest BCUT2D eigenvalue weighted by Crippen LogP contribution is -2.17. The predicted octanol–water partition coefficient (Wildman–Crippen LogP) is 3.51. The van der Waals surface area contributed by atoms with E-state index in [1.54, 1.807) is 23.6 Å². The van der Waals surface area contributed by atoms with E-state index in [1.807, 2.05) is 13.8 Å². The maximum Gasteiger partial charge on any atom is 0.286 e.